The van der Waals surface area contributed by atoms with Gasteiger partial charge in [0.2, 0.25) is 0 Å². The third-order valence-electron chi connectivity index (χ3n) is 2.52. The van der Waals surface area contributed by atoms with Gasteiger partial charge in [0, 0.05) is 16.6 Å². The van der Waals surface area contributed by atoms with Crippen LogP contribution in [0.3, 0.4) is 0 Å². The van der Waals surface area contributed by atoms with E-state index in [2.05, 4.69) is 4.98 Å². The third-order valence-corrected chi connectivity index (χ3v) is 3.53. The molecule has 0 saturated heterocycles. The lowest BCUT2D eigenvalue weighted by molar-refractivity contribution is -0.138. The number of nitrogens with zero attached hydrogens (tertiary/aromatic N) is 1. The molecule has 1 N–H and O–H groups in total. The summed E-state index contributed by atoms with van der Waals surface area (Å²) in [6, 6.07) is 7.54. The van der Waals surface area contributed by atoms with Crippen molar-refractivity contribution in [2.45, 2.75) is 26.4 Å². The van der Waals surface area contributed by atoms with Crippen LogP contribution < -0.4 is 4.74 Å². The van der Waals surface area contributed by atoms with Crippen molar-refractivity contribution in [1.82, 2.24) is 4.98 Å². The fourth-order valence-electron chi connectivity index (χ4n) is 1.68. The quantitative estimate of drug-likeness (QED) is 0.910. The van der Waals surface area contributed by atoms with Crippen molar-refractivity contribution >= 4 is 17.3 Å². The molecular weight excluding hydrogens is 262 g/mol. The largest absolute Gasteiger partial charge is 0.490 e. The predicted molar refractivity (Wildman–Crippen MR) is 74.6 cm³/mol. The average molecular weight is 277 g/mol. The summed E-state index contributed by atoms with van der Waals surface area (Å²) in [6.45, 7) is 3.71. The van der Waals surface area contributed by atoms with E-state index in [1.807, 2.05) is 36.6 Å². The summed E-state index contributed by atoms with van der Waals surface area (Å²) in [4.78, 5) is 15.0. The zero-order valence-corrected chi connectivity index (χ0v) is 11.6. The number of hydrogen-bond acceptors (Lipinski definition) is 4. The Hall–Kier alpha value is -1.88. The minimum Gasteiger partial charge on any atom is -0.490 e. The molecule has 0 unspecified atom stereocenters. The first-order valence-corrected chi connectivity index (χ1v) is 6.83. The Morgan fingerprint density at radius 3 is 2.63 bits per heavy atom. The number of carboxylic acids is 1. The SMILES string of the molecule is Cc1csc(-c2ccc(O[C@@H](C)CC(=O)O)cc2)n1. The van der Waals surface area contributed by atoms with Crippen LogP contribution in [0.4, 0.5) is 0 Å². The molecule has 0 bridgehead atoms. The Morgan fingerprint density at radius 1 is 1.42 bits per heavy atom. The monoisotopic (exact) mass is 277 g/mol. The number of aromatic nitrogens is 1. The van der Waals surface area contributed by atoms with Gasteiger partial charge in [0.25, 0.3) is 0 Å². The number of rotatable bonds is 5. The average Bonchev–Trinajstić information content (AvgIpc) is 2.75. The van der Waals surface area contributed by atoms with Gasteiger partial charge in [-0.1, -0.05) is 0 Å². The molecule has 100 valence electrons. The summed E-state index contributed by atoms with van der Waals surface area (Å²) < 4.78 is 5.52. The van der Waals surface area contributed by atoms with Gasteiger partial charge in [0.1, 0.15) is 16.9 Å². The fraction of sp³-hybridized carbons (Fsp3) is 0.286. The van der Waals surface area contributed by atoms with Gasteiger partial charge in [-0.2, -0.15) is 0 Å². The molecule has 1 atom stereocenters. The predicted octanol–water partition coefficient (Wildman–Crippen LogP) is 3.36. The summed E-state index contributed by atoms with van der Waals surface area (Å²) in [7, 11) is 0. The first kappa shape index (κ1) is 13.5. The van der Waals surface area contributed by atoms with E-state index in [4.69, 9.17) is 9.84 Å². The van der Waals surface area contributed by atoms with Crippen LogP contribution in [0.1, 0.15) is 19.0 Å². The van der Waals surface area contributed by atoms with E-state index < -0.39 is 5.97 Å². The minimum atomic E-state index is -0.859. The van der Waals surface area contributed by atoms with Crippen LogP contribution in [-0.4, -0.2) is 22.2 Å². The van der Waals surface area contributed by atoms with E-state index in [1.54, 1.807) is 18.3 Å². The van der Waals surface area contributed by atoms with Crippen molar-refractivity contribution in [2.75, 3.05) is 0 Å². The normalized spacial score (nSPS) is 12.1. The summed E-state index contributed by atoms with van der Waals surface area (Å²) >= 11 is 1.60. The van der Waals surface area contributed by atoms with Gasteiger partial charge in [-0.15, -0.1) is 11.3 Å². The van der Waals surface area contributed by atoms with E-state index in [0.717, 1.165) is 16.3 Å². The maximum atomic E-state index is 10.6. The minimum absolute atomic E-state index is 0.00652. The number of thiazole rings is 1. The van der Waals surface area contributed by atoms with Crippen LogP contribution in [-0.2, 0) is 4.79 Å². The molecule has 2 rings (SSSR count). The van der Waals surface area contributed by atoms with E-state index in [-0.39, 0.29) is 12.5 Å². The molecule has 0 aliphatic rings. The Labute approximate surface area is 115 Å². The molecule has 1 aromatic heterocycles. The smallest absolute Gasteiger partial charge is 0.307 e. The number of carbonyl (C=O) groups is 1. The highest BCUT2D eigenvalue weighted by molar-refractivity contribution is 7.13. The van der Waals surface area contributed by atoms with Gasteiger partial charge in [0.15, 0.2) is 0 Å². The second kappa shape index (κ2) is 5.84. The maximum Gasteiger partial charge on any atom is 0.307 e. The third kappa shape index (κ3) is 3.79. The first-order valence-electron chi connectivity index (χ1n) is 5.95. The highest BCUT2D eigenvalue weighted by atomic mass is 32.1. The molecule has 0 saturated carbocycles. The number of carboxylic acid groups (broad SMARTS) is 1. The highest BCUT2D eigenvalue weighted by Crippen LogP contribution is 2.25. The maximum absolute atomic E-state index is 10.6. The molecule has 2 aromatic rings. The van der Waals surface area contributed by atoms with Crippen LogP contribution >= 0.6 is 11.3 Å². The van der Waals surface area contributed by atoms with E-state index >= 15 is 0 Å². The van der Waals surface area contributed by atoms with Crippen LogP contribution in [0.25, 0.3) is 10.6 Å². The number of aliphatic carboxylic acids is 1. The molecule has 0 fully saturated rings. The lowest BCUT2D eigenvalue weighted by atomic mass is 10.2. The number of hydrogen-bond donors (Lipinski definition) is 1. The molecule has 0 aliphatic heterocycles. The molecule has 0 radical (unpaired) electrons. The van der Waals surface area contributed by atoms with Crippen molar-refractivity contribution in [3.63, 3.8) is 0 Å². The van der Waals surface area contributed by atoms with E-state index in [9.17, 15) is 4.79 Å². The van der Waals surface area contributed by atoms with Crippen molar-refractivity contribution in [3.05, 3.63) is 35.3 Å². The van der Waals surface area contributed by atoms with Crippen LogP contribution in [0.5, 0.6) is 5.75 Å². The molecule has 1 aromatic carbocycles. The second-order valence-electron chi connectivity index (χ2n) is 4.34. The Morgan fingerprint density at radius 2 is 2.11 bits per heavy atom. The topological polar surface area (TPSA) is 59.4 Å². The molecular formula is C14H15NO3S. The molecule has 0 aliphatic carbocycles. The van der Waals surface area contributed by atoms with Crippen LogP contribution in [0.2, 0.25) is 0 Å². The number of aryl methyl sites for hydroxylation is 1. The van der Waals surface area contributed by atoms with Gasteiger partial charge in [0.05, 0.1) is 6.42 Å². The van der Waals surface area contributed by atoms with Crippen molar-refractivity contribution < 1.29 is 14.6 Å². The second-order valence-corrected chi connectivity index (χ2v) is 5.20. The van der Waals surface area contributed by atoms with Gasteiger partial charge in [-0.3, -0.25) is 4.79 Å². The van der Waals surface area contributed by atoms with E-state index in [0.29, 0.717) is 5.75 Å². The van der Waals surface area contributed by atoms with Crippen molar-refractivity contribution in [1.29, 1.82) is 0 Å². The van der Waals surface area contributed by atoms with Crippen molar-refractivity contribution in [2.24, 2.45) is 0 Å². The molecule has 1 heterocycles. The van der Waals surface area contributed by atoms with Gasteiger partial charge >= 0.3 is 5.97 Å². The van der Waals surface area contributed by atoms with Gasteiger partial charge in [-0.05, 0) is 38.1 Å². The summed E-state index contributed by atoms with van der Waals surface area (Å²) in [6.07, 6.45) is -0.349. The van der Waals surface area contributed by atoms with Crippen molar-refractivity contribution in [3.8, 4) is 16.3 Å². The van der Waals surface area contributed by atoms with Gasteiger partial charge < -0.3 is 9.84 Å². The van der Waals surface area contributed by atoms with Crippen LogP contribution in [0.15, 0.2) is 29.6 Å². The first-order chi connectivity index (χ1) is 9.04. The molecule has 5 heteroatoms. The lowest BCUT2D eigenvalue weighted by Gasteiger charge is -2.12. The Balaban J connectivity index is 2.04. The number of ether oxygens (including phenoxy) is 1. The summed E-state index contributed by atoms with van der Waals surface area (Å²) in [5.41, 5.74) is 2.05. The summed E-state index contributed by atoms with van der Waals surface area (Å²) in [5, 5.41) is 11.7. The number of benzene rings is 1. The highest BCUT2D eigenvalue weighted by Gasteiger charge is 2.09. The van der Waals surface area contributed by atoms with Crippen LogP contribution in [0, 0.1) is 6.92 Å². The zero-order chi connectivity index (χ0) is 13.8. The fourth-order valence-corrected chi connectivity index (χ4v) is 2.49. The Kier molecular flexibility index (Phi) is 4.16. The zero-order valence-electron chi connectivity index (χ0n) is 10.8. The molecule has 0 amide bonds. The van der Waals surface area contributed by atoms with Gasteiger partial charge in [-0.25, -0.2) is 4.98 Å². The van der Waals surface area contributed by atoms with E-state index in [1.165, 1.54) is 0 Å². The molecule has 4 nitrogen and oxygen atoms in total. The Bertz CT molecular complexity index is 562. The molecule has 19 heavy (non-hydrogen) atoms. The standard InChI is InChI=1S/C14H15NO3S/c1-9-8-19-14(15-9)11-3-5-12(6-4-11)18-10(2)7-13(16)17/h3-6,8,10H,7H2,1-2H3,(H,16,17)/t10-/m0/s1. The lowest BCUT2D eigenvalue weighted by Crippen LogP contribution is -2.16. The summed E-state index contributed by atoms with van der Waals surface area (Å²) in [5.74, 6) is -0.187. The molecule has 0 spiro atoms.